The molecule has 0 radical (unpaired) electrons. The summed E-state index contributed by atoms with van der Waals surface area (Å²) >= 11 is 6.73. The van der Waals surface area contributed by atoms with Crippen molar-refractivity contribution < 1.29 is 14.4 Å². The molecule has 7 nitrogen and oxygen atoms in total. The summed E-state index contributed by atoms with van der Waals surface area (Å²) in [5, 5.41) is 19.5. The Morgan fingerprint density at radius 3 is 3.04 bits per heavy atom. The van der Waals surface area contributed by atoms with Crippen LogP contribution in [-0.4, -0.2) is 49.3 Å². The van der Waals surface area contributed by atoms with Crippen LogP contribution in [0.1, 0.15) is 39.4 Å². The molecule has 2 amide bonds. The number of hydrogen-bond donors (Lipinski definition) is 2. The van der Waals surface area contributed by atoms with Gasteiger partial charge in [0.05, 0.1) is 17.2 Å². The van der Waals surface area contributed by atoms with Crippen LogP contribution in [-0.2, 0) is 0 Å². The van der Waals surface area contributed by atoms with Gasteiger partial charge in [-0.1, -0.05) is 37.3 Å². The number of urea groups is 1. The molecule has 0 bridgehead atoms. The minimum atomic E-state index is -0.720. The third-order valence-electron chi connectivity index (χ3n) is 3.49. The zero-order valence-corrected chi connectivity index (χ0v) is 15.6. The molecule has 132 valence electrons. The van der Waals surface area contributed by atoms with E-state index < -0.39 is 16.9 Å². The first-order valence-electron chi connectivity index (χ1n) is 7.72. The van der Waals surface area contributed by atoms with Gasteiger partial charge in [0.25, 0.3) is 0 Å². The van der Waals surface area contributed by atoms with Gasteiger partial charge in [0, 0.05) is 6.54 Å². The largest absolute Gasteiger partial charge is 0.463 e. The maximum Gasteiger partial charge on any atom is 0.343 e. The van der Waals surface area contributed by atoms with Gasteiger partial charge in [-0.3, -0.25) is 5.21 Å². The highest BCUT2D eigenvalue weighted by Gasteiger charge is 2.49. The molecule has 1 aliphatic heterocycles. The zero-order valence-electron chi connectivity index (χ0n) is 13.9. The molecular formula is C15H22N4O3S2. The molecule has 1 fully saturated rings. The molecule has 1 aromatic heterocycles. The minimum absolute atomic E-state index is 0.480. The summed E-state index contributed by atoms with van der Waals surface area (Å²) in [4.78, 5) is 12.2. The molecule has 9 heteroatoms. The maximum absolute atomic E-state index is 12.2. The lowest BCUT2D eigenvalue weighted by Crippen LogP contribution is -2.55. The van der Waals surface area contributed by atoms with Crippen molar-refractivity contribution in [1.29, 1.82) is 0 Å². The zero-order chi connectivity index (χ0) is 17.7. The summed E-state index contributed by atoms with van der Waals surface area (Å²) < 4.78 is 5.17. The molecule has 1 atom stereocenters. The first kappa shape index (κ1) is 18.8. The number of nitrogens with one attached hydrogen (secondary N) is 1. The summed E-state index contributed by atoms with van der Waals surface area (Å²) in [5.74, 6) is 0.558. The highest BCUT2D eigenvalue weighted by molar-refractivity contribution is 8.24. The highest BCUT2D eigenvalue weighted by atomic mass is 32.2. The van der Waals surface area contributed by atoms with Crippen molar-refractivity contribution in [2.45, 2.75) is 44.5 Å². The van der Waals surface area contributed by atoms with E-state index in [1.54, 1.807) is 18.4 Å². The monoisotopic (exact) mass is 370 g/mol. The van der Waals surface area contributed by atoms with E-state index in [0.29, 0.717) is 21.7 Å². The van der Waals surface area contributed by atoms with Gasteiger partial charge >= 0.3 is 6.03 Å². The number of thiocarbonyl (C=S) groups is 1. The Kier molecular flexibility index (Phi) is 6.25. The van der Waals surface area contributed by atoms with Gasteiger partial charge in [-0.05, 0) is 32.4 Å². The quantitative estimate of drug-likeness (QED) is 0.263. The number of thioether (sulfide) groups is 1. The van der Waals surface area contributed by atoms with Gasteiger partial charge in [-0.25, -0.2) is 9.80 Å². The predicted octanol–water partition coefficient (Wildman–Crippen LogP) is 3.25. The van der Waals surface area contributed by atoms with Gasteiger partial charge in [0.15, 0.2) is 10.5 Å². The lowest BCUT2D eigenvalue weighted by Gasteiger charge is -2.34. The van der Waals surface area contributed by atoms with Crippen molar-refractivity contribution in [3.05, 3.63) is 24.2 Å². The number of unbranched alkanes of at least 4 members (excludes halogenated alkanes) is 1. The molecule has 0 spiro atoms. The number of hydrogen-bond acceptors (Lipinski definition) is 6. The second-order valence-electron chi connectivity index (χ2n) is 5.88. The second-order valence-corrected chi connectivity index (χ2v) is 8.17. The normalized spacial score (nSPS) is 19.9. The van der Waals surface area contributed by atoms with E-state index in [-0.39, 0.29) is 0 Å². The molecule has 0 saturated carbocycles. The van der Waals surface area contributed by atoms with Crippen LogP contribution in [0.2, 0.25) is 0 Å². The standard InChI is InChI=1S/C15H22N4O3S2/c1-4-5-8-16-13(20)19(21)12-15(2,3)24-14(23)18(12)17-10-11-7-6-9-22-11/h6-7,9-10,12,21H,4-5,8H2,1-3H3,(H,16,20)/b17-10-/t12-/m0/s1. The lowest BCUT2D eigenvalue weighted by molar-refractivity contribution is -0.118. The van der Waals surface area contributed by atoms with Crippen LogP contribution in [0, 0.1) is 0 Å². The van der Waals surface area contributed by atoms with Crippen molar-refractivity contribution in [2.75, 3.05) is 6.54 Å². The van der Waals surface area contributed by atoms with Crippen LogP contribution in [0.3, 0.4) is 0 Å². The molecule has 2 N–H and O–H groups in total. The Labute approximate surface area is 151 Å². The van der Waals surface area contributed by atoms with Crippen LogP contribution >= 0.6 is 24.0 Å². The molecule has 2 heterocycles. The van der Waals surface area contributed by atoms with E-state index in [1.807, 2.05) is 20.8 Å². The molecule has 1 saturated heterocycles. The number of hydroxylamine groups is 2. The molecule has 0 aliphatic carbocycles. The molecule has 1 aliphatic rings. The number of hydrazone groups is 1. The fourth-order valence-corrected chi connectivity index (χ4v) is 4.06. The van der Waals surface area contributed by atoms with Crippen LogP contribution in [0.4, 0.5) is 4.79 Å². The summed E-state index contributed by atoms with van der Waals surface area (Å²) in [6, 6.07) is 2.94. The number of carbonyl (C=O) groups excluding carboxylic acids is 1. The molecule has 2 rings (SSSR count). The molecule has 0 aromatic carbocycles. The predicted molar refractivity (Wildman–Crippen MR) is 98.1 cm³/mol. The first-order valence-corrected chi connectivity index (χ1v) is 8.95. The first-order chi connectivity index (χ1) is 11.4. The van der Waals surface area contributed by atoms with E-state index in [2.05, 4.69) is 10.4 Å². The third-order valence-corrected chi connectivity index (χ3v) is 5.03. The Bertz CT molecular complexity index is 604. The molecule has 1 aromatic rings. The van der Waals surface area contributed by atoms with Crippen LogP contribution < -0.4 is 5.32 Å². The average molecular weight is 371 g/mol. The maximum atomic E-state index is 12.2. The fourth-order valence-electron chi connectivity index (χ4n) is 2.28. The van der Waals surface area contributed by atoms with Crippen molar-refractivity contribution in [3.63, 3.8) is 0 Å². The average Bonchev–Trinajstić information content (AvgIpc) is 3.10. The molecule has 24 heavy (non-hydrogen) atoms. The summed E-state index contributed by atoms with van der Waals surface area (Å²) in [5.41, 5.74) is 0. The van der Waals surface area contributed by atoms with Gasteiger partial charge in [-0.2, -0.15) is 10.2 Å². The van der Waals surface area contributed by atoms with Crippen LogP contribution in [0.5, 0.6) is 0 Å². The smallest absolute Gasteiger partial charge is 0.343 e. The lowest BCUT2D eigenvalue weighted by atomic mass is 10.1. The van der Waals surface area contributed by atoms with E-state index in [9.17, 15) is 10.0 Å². The Hall–Kier alpha value is -1.58. The number of amides is 2. The van der Waals surface area contributed by atoms with Crippen molar-refractivity contribution >= 4 is 40.5 Å². The van der Waals surface area contributed by atoms with E-state index in [1.165, 1.54) is 23.0 Å². The van der Waals surface area contributed by atoms with Gasteiger partial charge in [0.2, 0.25) is 0 Å². The SMILES string of the molecule is CCCCNC(=O)N(O)[C@@H]1N(/N=C\c2ccco2)C(=S)SC1(C)C. The topological polar surface area (TPSA) is 81.3 Å². The second kappa shape index (κ2) is 8.00. The third kappa shape index (κ3) is 4.28. The summed E-state index contributed by atoms with van der Waals surface area (Å²) in [6.07, 6.45) is 4.13. The minimum Gasteiger partial charge on any atom is -0.463 e. The highest BCUT2D eigenvalue weighted by Crippen LogP contribution is 2.42. The van der Waals surface area contributed by atoms with E-state index in [0.717, 1.165) is 12.8 Å². The van der Waals surface area contributed by atoms with Crippen molar-refractivity contribution in [3.8, 4) is 0 Å². The van der Waals surface area contributed by atoms with Gasteiger partial charge in [0.1, 0.15) is 5.76 Å². The Balaban J connectivity index is 2.15. The summed E-state index contributed by atoms with van der Waals surface area (Å²) in [6.45, 7) is 6.34. The number of rotatable bonds is 6. The number of furan rings is 1. The van der Waals surface area contributed by atoms with Crippen molar-refractivity contribution in [2.24, 2.45) is 5.10 Å². The fraction of sp³-hybridized carbons (Fsp3) is 0.533. The Morgan fingerprint density at radius 1 is 1.67 bits per heavy atom. The van der Waals surface area contributed by atoms with Crippen LogP contribution in [0.25, 0.3) is 0 Å². The van der Waals surface area contributed by atoms with E-state index in [4.69, 9.17) is 16.6 Å². The van der Waals surface area contributed by atoms with E-state index >= 15 is 0 Å². The van der Waals surface area contributed by atoms with Gasteiger partial charge in [-0.15, -0.1) is 0 Å². The molecular weight excluding hydrogens is 348 g/mol. The number of nitrogens with zero attached hydrogens (tertiary/aromatic N) is 3. The molecule has 0 unspecified atom stereocenters. The number of carbonyl (C=O) groups is 1. The van der Waals surface area contributed by atoms with Gasteiger partial charge < -0.3 is 9.73 Å². The van der Waals surface area contributed by atoms with Crippen LogP contribution in [0.15, 0.2) is 27.9 Å². The summed E-state index contributed by atoms with van der Waals surface area (Å²) in [7, 11) is 0. The Morgan fingerprint density at radius 2 is 2.42 bits per heavy atom. The van der Waals surface area contributed by atoms with Crippen molar-refractivity contribution in [1.82, 2.24) is 15.4 Å².